The Labute approximate surface area is 120 Å². The minimum atomic E-state index is -0.467. The molecule has 2 N–H and O–H groups in total. The third-order valence-corrected chi connectivity index (χ3v) is 2.75. The van der Waals surface area contributed by atoms with Gasteiger partial charge in [-0.2, -0.15) is 0 Å². The van der Waals surface area contributed by atoms with Crippen molar-refractivity contribution in [1.29, 1.82) is 0 Å². The smallest absolute Gasteiger partial charge is 0.319 e. The third kappa shape index (κ3) is 3.78. The molecule has 8 nitrogen and oxygen atoms in total. The molecule has 1 aromatic carbocycles. The number of benzene rings is 1. The van der Waals surface area contributed by atoms with E-state index in [-0.39, 0.29) is 12.2 Å². The molecule has 0 bridgehead atoms. The Hall–Kier alpha value is -2.90. The van der Waals surface area contributed by atoms with E-state index >= 15 is 0 Å². The zero-order valence-corrected chi connectivity index (χ0v) is 11.5. The molecule has 2 aromatic rings. The van der Waals surface area contributed by atoms with Gasteiger partial charge in [0.25, 0.3) is 5.69 Å². The fourth-order valence-corrected chi connectivity index (χ4v) is 1.78. The van der Waals surface area contributed by atoms with E-state index in [1.165, 1.54) is 18.2 Å². The van der Waals surface area contributed by atoms with Crippen molar-refractivity contribution >= 4 is 17.4 Å². The lowest BCUT2D eigenvalue weighted by atomic mass is 10.2. The normalized spacial score (nSPS) is 10.2. The number of amides is 2. The van der Waals surface area contributed by atoms with Gasteiger partial charge in [-0.1, -0.05) is 5.16 Å². The van der Waals surface area contributed by atoms with Gasteiger partial charge in [0.05, 0.1) is 17.2 Å². The summed E-state index contributed by atoms with van der Waals surface area (Å²) in [4.78, 5) is 21.9. The van der Waals surface area contributed by atoms with E-state index in [1.54, 1.807) is 19.9 Å². The van der Waals surface area contributed by atoms with Gasteiger partial charge in [-0.05, 0) is 26.0 Å². The quantitative estimate of drug-likeness (QED) is 0.664. The maximum Gasteiger partial charge on any atom is 0.319 e. The van der Waals surface area contributed by atoms with E-state index in [2.05, 4.69) is 15.8 Å². The predicted octanol–water partition coefficient (Wildman–Crippen LogP) is 2.52. The molecule has 0 radical (unpaired) electrons. The number of rotatable bonds is 4. The Morgan fingerprint density at radius 1 is 1.38 bits per heavy atom. The van der Waals surface area contributed by atoms with E-state index in [9.17, 15) is 14.9 Å². The number of hydrogen-bond acceptors (Lipinski definition) is 5. The Balaban J connectivity index is 1.93. The zero-order chi connectivity index (χ0) is 15.4. The first-order chi connectivity index (χ1) is 9.95. The number of nitrogens with one attached hydrogen (secondary N) is 2. The van der Waals surface area contributed by atoms with Crippen LogP contribution in [0, 0.1) is 24.0 Å². The molecule has 1 aromatic heterocycles. The van der Waals surface area contributed by atoms with Gasteiger partial charge < -0.3 is 15.2 Å². The lowest BCUT2D eigenvalue weighted by molar-refractivity contribution is -0.385. The van der Waals surface area contributed by atoms with Gasteiger partial charge in [0.1, 0.15) is 0 Å². The van der Waals surface area contributed by atoms with Gasteiger partial charge in [-0.25, -0.2) is 4.79 Å². The summed E-state index contributed by atoms with van der Waals surface area (Å²) in [6.07, 6.45) is 0. The number of carbonyl (C=O) groups excluding carboxylic acids is 1. The van der Waals surface area contributed by atoms with Crippen molar-refractivity contribution in [2.24, 2.45) is 0 Å². The highest BCUT2D eigenvalue weighted by Crippen LogP contribution is 2.21. The van der Waals surface area contributed by atoms with Crippen LogP contribution in [0.3, 0.4) is 0 Å². The molecule has 0 atom stereocenters. The summed E-state index contributed by atoms with van der Waals surface area (Å²) in [5.74, 6) is 0.544. The average Bonchev–Trinajstić information content (AvgIpc) is 2.82. The van der Waals surface area contributed by atoms with E-state index < -0.39 is 11.0 Å². The highest BCUT2D eigenvalue weighted by Gasteiger charge is 2.11. The first-order valence-electron chi connectivity index (χ1n) is 6.18. The maximum absolute atomic E-state index is 11.7. The molecule has 0 aliphatic carbocycles. The zero-order valence-electron chi connectivity index (χ0n) is 11.5. The van der Waals surface area contributed by atoms with Gasteiger partial charge in [-0.15, -0.1) is 0 Å². The number of hydrogen-bond donors (Lipinski definition) is 2. The standard InChI is InChI=1S/C13H14N4O4/c1-8-5-10(3-4-12(8)17(19)20)15-13(18)14-7-11-6-9(2)16-21-11/h3-6H,7H2,1-2H3,(H2,14,15,18). The van der Waals surface area contributed by atoms with Crippen LogP contribution in [0.1, 0.15) is 17.0 Å². The van der Waals surface area contributed by atoms with Crippen LogP contribution < -0.4 is 10.6 Å². The number of carbonyl (C=O) groups is 1. The van der Waals surface area contributed by atoms with Gasteiger partial charge in [0, 0.05) is 23.4 Å². The molecular weight excluding hydrogens is 276 g/mol. The first-order valence-corrected chi connectivity index (χ1v) is 6.18. The second-order valence-electron chi connectivity index (χ2n) is 4.50. The highest BCUT2D eigenvalue weighted by atomic mass is 16.6. The van der Waals surface area contributed by atoms with Crippen molar-refractivity contribution in [3.05, 3.63) is 51.4 Å². The summed E-state index contributed by atoms with van der Waals surface area (Å²) in [6, 6.07) is 5.65. The molecule has 0 saturated carbocycles. The number of nitro benzene ring substituents is 1. The summed E-state index contributed by atoms with van der Waals surface area (Å²) in [5, 5.41) is 19.6. The van der Waals surface area contributed by atoms with Crippen LogP contribution in [0.15, 0.2) is 28.8 Å². The number of aromatic nitrogens is 1. The lowest BCUT2D eigenvalue weighted by Gasteiger charge is -2.07. The Kier molecular flexibility index (Phi) is 4.17. The van der Waals surface area contributed by atoms with Crippen LogP contribution in [0.2, 0.25) is 0 Å². The van der Waals surface area contributed by atoms with Crippen LogP contribution in [0.5, 0.6) is 0 Å². The second-order valence-corrected chi connectivity index (χ2v) is 4.50. The molecule has 0 fully saturated rings. The highest BCUT2D eigenvalue weighted by molar-refractivity contribution is 5.89. The van der Waals surface area contributed by atoms with E-state index in [0.717, 1.165) is 5.69 Å². The minimum Gasteiger partial charge on any atom is -0.359 e. The monoisotopic (exact) mass is 290 g/mol. The predicted molar refractivity (Wildman–Crippen MR) is 74.9 cm³/mol. The number of urea groups is 1. The fourth-order valence-electron chi connectivity index (χ4n) is 1.78. The van der Waals surface area contributed by atoms with Crippen LogP contribution in [-0.4, -0.2) is 16.1 Å². The van der Waals surface area contributed by atoms with E-state index in [1.807, 2.05) is 0 Å². The summed E-state index contributed by atoms with van der Waals surface area (Å²) < 4.78 is 4.96. The van der Waals surface area contributed by atoms with Gasteiger partial charge >= 0.3 is 6.03 Å². The maximum atomic E-state index is 11.7. The lowest BCUT2D eigenvalue weighted by Crippen LogP contribution is -2.28. The van der Waals surface area contributed by atoms with E-state index in [4.69, 9.17) is 4.52 Å². The Morgan fingerprint density at radius 2 is 2.14 bits per heavy atom. The number of anilines is 1. The van der Waals surface area contributed by atoms with Gasteiger partial charge in [-0.3, -0.25) is 10.1 Å². The molecule has 2 amide bonds. The molecule has 0 aliphatic heterocycles. The summed E-state index contributed by atoms with van der Waals surface area (Å²) in [6.45, 7) is 3.60. The van der Waals surface area contributed by atoms with Gasteiger partial charge in [0.2, 0.25) is 0 Å². The van der Waals surface area contributed by atoms with Crippen molar-refractivity contribution in [2.75, 3.05) is 5.32 Å². The number of nitrogens with zero attached hydrogens (tertiary/aromatic N) is 2. The molecule has 2 rings (SSSR count). The molecule has 110 valence electrons. The number of aryl methyl sites for hydroxylation is 2. The van der Waals surface area contributed by atoms with Crippen LogP contribution in [-0.2, 0) is 6.54 Å². The van der Waals surface area contributed by atoms with Crippen LogP contribution in [0.4, 0.5) is 16.2 Å². The Bertz CT molecular complexity index is 681. The van der Waals surface area contributed by atoms with Gasteiger partial charge in [0.15, 0.2) is 5.76 Å². The third-order valence-electron chi connectivity index (χ3n) is 2.75. The summed E-state index contributed by atoms with van der Waals surface area (Å²) >= 11 is 0. The molecule has 0 unspecified atom stereocenters. The Morgan fingerprint density at radius 3 is 2.71 bits per heavy atom. The summed E-state index contributed by atoms with van der Waals surface area (Å²) in [5.41, 5.74) is 1.70. The van der Waals surface area contributed by atoms with Crippen molar-refractivity contribution < 1.29 is 14.2 Å². The molecular formula is C13H14N4O4. The second kappa shape index (κ2) is 6.04. The molecule has 0 spiro atoms. The van der Waals surface area contributed by atoms with E-state index in [0.29, 0.717) is 17.0 Å². The SMILES string of the molecule is Cc1cc(CNC(=O)Nc2ccc([N+](=O)[O-])c(C)c2)on1. The largest absolute Gasteiger partial charge is 0.359 e. The van der Waals surface area contributed by atoms with Crippen molar-refractivity contribution in [1.82, 2.24) is 10.5 Å². The molecule has 1 heterocycles. The van der Waals surface area contributed by atoms with Crippen molar-refractivity contribution in [3.63, 3.8) is 0 Å². The van der Waals surface area contributed by atoms with Crippen LogP contribution in [0.25, 0.3) is 0 Å². The molecule has 8 heteroatoms. The van der Waals surface area contributed by atoms with Crippen molar-refractivity contribution in [2.45, 2.75) is 20.4 Å². The molecule has 0 saturated heterocycles. The number of nitro groups is 1. The average molecular weight is 290 g/mol. The summed E-state index contributed by atoms with van der Waals surface area (Å²) in [7, 11) is 0. The first kappa shape index (κ1) is 14.5. The minimum absolute atomic E-state index is 0.0121. The van der Waals surface area contributed by atoms with Crippen molar-refractivity contribution in [3.8, 4) is 0 Å². The molecule has 21 heavy (non-hydrogen) atoms. The molecule has 0 aliphatic rings. The fraction of sp³-hybridized carbons (Fsp3) is 0.231. The topological polar surface area (TPSA) is 110 Å². The van der Waals surface area contributed by atoms with Crippen LogP contribution >= 0.6 is 0 Å².